The van der Waals surface area contributed by atoms with Crippen LogP contribution in [-0.2, 0) is 15.7 Å². The molecular weight excluding hydrogens is 451 g/mol. The Bertz CT molecular complexity index is 1150. The van der Waals surface area contributed by atoms with Crippen LogP contribution in [0.4, 0.5) is 18.9 Å². The van der Waals surface area contributed by atoms with E-state index in [-0.39, 0.29) is 26.6 Å². The highest BCUT2D eigenvalue weighted by molar-refractivity contribution is 7.99. The molecule has 0 amide bonds. The number of ketones is 1. The first kappa shape index (κ1) is 24.4. The Balaban J connectivity index is 2.31. The van der Waals surface area contributed by atoms with Gasteiger partial charge in [0.15, 0.2) is 6.61 Å². The quantitative estimate of drug-likeness (QED) is 0.211. The number of nitro benzene ring substituents is 1. The van der Waals surface area contributed by atoms with Gasteiger partial charge in [-0.15, -0.1) is 0 Å². The van der Waals surface area contributed by atoms with E-state index in [0.29, 0.717) is 23.9 Å². The number of nitrogens with two attached hydrogens (primary N) is 1. The smallest absolute Gasteiger partial charge is 0.416 e. The zero-order valence-electron chi connectivity index (χ0n) is 16.3. The summed E-state index contributed by atoms with van der Waals surface area (Å²) in [5, 5.41) is 20.2. The maximum absolute atomic E-state index is 12.9. The molecule has 2 rings (SSSR count). The standard InChI is InChI=1S/C20H14F3N3O5S/c1-11(25)14(9-24)16(27)10-31-19(28)13-4-2-3-5-17(13)32-18-7-6-12(20(21,22)23)8-15(18)26(29)30/h2-8H,10,25H2,1H3. The van der Waals surface area contributed by atoms with E-state index < -0.39 is 40.7 Å². The highest BCUT2D eigenvalue weighted by Gasteiger charge is 2.33. The van der Waals surface area contributed by atoms with Gasteiger partial charge < -0.3 is 10.5 Å². The van der Waals surface area contributed by atoms with Crippen LogP contribution in [0.25, 0.3) is 0 Å². The van der Waals surface area contributed by atoms with Crippen molar-refractivity contribution in [3.63, 3.8) is 0 Å². The Morgan fingerprint density at radius 3 is 2.44 bits per heavy atom. The van der Waals surface area contributed by atoms with Crippen molar-refractivity contribution in [3.8, 4) is 6.07 Å². The maximum atomic E-state index is 12.9. The topological polar surface area (TPSA) is 136 Å². The fourth-order valence-electron chi connectivity index (χ4n) is 2.42. The Morgan fingerprint density at radius 1 is 1.22 bits per heavy atom. The fraction of sp³-hybridized carbons (Fsp3) is 0.150. The molecule has 0 aromatic heterocycles. The molecule has 0 aliphatic rings. The fourth-order valence-corrected chi connectivity index (χ4v) is 3.44. The van der Waals surface area contributed by atoms with Crippen LogP contribution >= 0.6 is 11.8 Å². The van der Waals surface area contributed by atoms with Crippen LogP contribution in [0, 0.1) is 21.4 Å². The summed E-state index contributed by atoms with van der Waals surface area (Å²) in [6.45, 7) is 0.566. The van der Waals surface area contributed by atoms with Gasteiger partial charge in [-0.05, 0) is 31.2 Å². The number of ether oxygens (including phenoxy) is 1. The third-order valence-corrected chi connectivity index (χ3v) is 5.07. The number of hydrogen-bond donors (Lipinski definition) is 1. The number of carbonyl (C=O) groups is 2. The number of benzene rings is 2. The molecule has 0 aliphatic carbocycles. The van der Waals surface area contributed by atoms with Gasteiger partial charge in [0.25, 0.3) is 5.69 Å². The number of alkyl halides is 3. The summed E-state index contributed by atoms with van der Waals surface area (Å²) in [6, 6.07) is 9.35. The van der Waals surface area contributed by atoms with Gasteiger partial charge in [-0.2, -0.15) is 18.4 Å². The number of hydrogen-bond acceptors (Lipinski definition) is 8. The van der Waals surface area contributed by atoms with Gasteiger partial charge in [-0.3, -0.25) is 14.9 Å². The lowest BCUT2D eigenvalue weighted by molar-refractivity contribution is -0.388. The molecule has 0 bridgehead atoms. The predicted molar refractivity (Wildman–Crippen MR) is 106 cm³/mol. The number of Topliss-reactive ketones (excluding diaryl/α,β-unsaturated/α-hetero) is 1. The van der Waals surface area contributed by atoms with Crippen LogP contribution < -0.4 is 5.73 Å². The zero-order valence-corrected chi connectivity index (χ0v) is 17.1. The second kappa shape index (κ2) is 9.97. The minimum atomic E-state index is -4.76. The normalized spacial score (nSPS) is 11.8. The molecule has 12 heteroatoms. The second-order valence-electron chi connectivity index (χ2n) is 6.20. The molecule has 8 nitrogen and oxygen atoms in total. The van der Waals surface area contributed by atoms with Gasteiger partial charge in [0.1, 0.15) is 11.6 Å². The molecule has 0 heterocycles. The summed E-state index contributed by atoms with van der Waals surface area (Å²) in [6.07, 6.45) is -4.76. The predicted octanol–water partition coefficient (Wildman–Crippen LogP) is 4.25. The second-order valence-corrected chi connectivity index (χ2v) is 7.29. The van der Waals surface area contributed by atoms with E-state index in [4.69, 9.17) is 15.7 Å². The van der Waals surface area contributed by atoms with Crippen molar-refractivity contribution in [2.75, 3.05) is 6.61 Å². The Kier molecular flexibility index (Phi) is 7.61. The number of carbonyl (C=O) groups excluding carboxylic acids is 2. The lowest BCUT2D eigenvalue weighted by atomic mass is 10.1. The van der Waals surface area contributed by atoms with E-state index in [1.165, 1.54) is 31.2 Å². The Hall–Kier alpha value is -3.85. The molecule has 2 aromatic carbocycles. The third kappa shape index (κ3) is 5.86. The Labute approximate surface area is 183 Å². The van der Waals surface area contributed by atoms with Gasteiger partial charge >= 0.3 is 12.1 Å². The van der Waals surface area contributed by atoms with Gasteiger partial charge in [0, 0.05) is 16.7 Å². The van der Waals surface area contributed by atoms with Crippen LogP contribution in [0.5, 0.6) is 0 Å². The molecule has 2 aromatic rings. The molecular formula is C20H14F3N3O5S. The summed E-state index contributed by atoms with van der Waals surface area (Å²) in [4.78, 5) is 34.7. The summed E-state index contributed by atoms with van der Waals surface area (Å²) in [7, 11) is 0. The first-order valence-electron chi connectivity index (χ1n) is 8.65. The molecule has 0 radical (unpaired) electrons. The summed E-state index contributed by atoms with van der Waals surface area (Å²) < 4.78 is 43.6. The number of nitrogens with zero attached hydrogens (tertiary/aromatic N) is 2. The monoisotopic (exact) mass is 465 g/mol. The first-order valence-corrected chi connectivity index (χ1v) is 9.46. The summed E-state index contributed by atoms with van der Waals surface area (Å²) in [5.74, 6) is -1.78. The lowest BCUT2D eigenvalue weighted by Gasteiger charge is -2.11. The van der Waals surface area contributed by atoms with Crippen LogP contribution in [0.3, 0.4) is 0 Å². The van der Waals surface area contributed by atoms with E-state index in [9.17, 15) is 32.9 Å². The minimum Gasteiger partial charge on any atom is -0.454 e. The zero-order chi connectivity index (χ0) is 24.1. The van der Waals surface area contributed by atoms with Crippen molar-refractivity contribution in [1.82, 2.24) is 0 Å². The molecule has 0 aliphatic heterocycles. The average Bonchev–Trinajstić information content (AvgIpc) is 2.72. The summed E-state index contributed by atoms with van der Waals surface area (Å²) >= 11 is 0.690. The summed E-state index contributed by atoms with van der Waals surface area (Å²) in [5.41, 5.74) is 2.97. The van der Waals surface area contributed by atoms with Crippen molar-refractivity contribution >= 4 is 29.2 Å². The van der Waals surface area contributed by atoms with Crippen molar-refractivity contribution in [1.29, 1.82) is 5.26 Å². The van der Waals surface area contributed by atoms with Gasteiger partial charge in [0.2, 0.25) is 5.78 Å². The van der Waals surface area contributed by atoms with Gasteiger partial charge in [0.05, 0.1) is 20.9 Å². The van der Waals surface area contributed by atoms with Crippen LogP contribution in [0.15, 0.2) is 63.5 Å². The minimum absolute atomic E-state index is 0.0425. The highest BCUT2D eigenvalue weighted by atomic mass is 32.2. The number of esters is 1. The maximum Gasteiger partial charge on any atom is 0.416 e. The van der Waals surface area contributed by atoms with Crippen LogP contribution in [0.1, 0.15) is 22.8 Å². The van der Waals surface area contributed by atoms with Crippen LogP contribution in [0.2, 0.25) is 0 Å². The number of nitriles is 1. The van der Waals surface area contributed by atoms with E-state index in [2.05, 4.69) is 0 Å². The van der Waals surface area contributed by atoms with E-state index >= 15 is 0 Å². The molecule has 0 spiro atoms. The third-order valence-electron chi connectivity index (χ3n) is 3.93. The number of halogens is 3. The number of allylic oxidation sites excluding steroid dienone is 1. The lowest BCUT2D eigenvalue weighted by Crippen LogP contribution is -2.18. The molecule has 166 valence electrons. The van der Waals surface area contributed by atoms with Crippen molar-refractivity contribution in [2.45, 2.75) is 22.9 Å². The first-order chi connectivity index (χ1) is 15.0. The van der Waals surface area contributed by atoms with E-state index in [1.807, 2.05) is 0 Å². The van der Waals surface area contributed by atoms with Crippen molar-refractivity contribution in [3.05, 3.63) is 75.0 Å². The van der Waals surface area contributed by atoms with E-state index in [0.717, 1.165) is 6.07 Å². The molecule has 0 saturated carbocycles. The van der Waals surface area contributed by atoms with Crippen molar-refractivity contribution in [2.24, 2.45) is 5.73 Å². The van der Waals surface area contributed by atoms with Crippen molar-refractivity contribution < 1.29 is 32.4 Å². The highest BCUT2D eigenvalue weighted by Crippen LogP contribution is 2.40. The molecule has 0 saturated heterocycles. The van der Waals surface area contributed by atoms with E-state index in [1.54, 1.807) is 6.07 Å². The molecule has 2 N–H and O–H groups in total. The molecule has 32 heavy (non-hydrogen) atoms. The van der Waals surface area contributed by atoms with Crippen LogP contribution in [-0.4, -0.2) is 23.3 Å². The molecule has 0 fully saturated rings. The number of nitro groups is 1. The number of rotatable bonds is 7. The SMILES string of the molecule is CC(N)=C(C#N)C(=O)COC(=O)c1ccccc1Sc1ccc(C(F)(F)F)cc1[N+](=O)[O-]. The largest absolute Gasteiger partial charge is 0.454 e. The van der Waals surface area contributed by atoms with Gasteiger partial charge in [-0.1, -0.05) is 23.9 Å². The molecule has 0 atom stereocenters. The molecule has 0 unspecified atom stereocenters. The Morgan fingerprint density at radius 2 is 1.88 bits per heavy atom. The average molecular weight is 465 g/mol. The van der Waals surface area contributed by atoms with Gasteiger partial charge in [-0.25, -0.2) is 4.79 Å².